The Morgan fingerprint density at radius 1 is 0.821 bits per heavy atom. The van der Waals surface area contributed by atoms with Gasteiger partial charge in [-0.2, -0.15) is 15.0 Å². The van der Waals surface area contributed by atoms with Crippen LogP contribution >= 0.6 is 0 Å². The van der Waals surface area contributed by atoms with Crippen LogP contribution in [0.25, 0.3) is 27.8 Å². The monoisotopic (exact) mass is 363 g/mol. The Bertz CT molecular complexity index is 1360. The summed E-state index contributed by atoms with van der Waals surface area (Å²) in [7, 11) is 0. The van der Waals surface area contributed by atoms with Crippen LogP contribution in [0.5, 0.6) is 0 Å². The van der Waals surface area contributed by atoms with Crippen LogP contribution in [0.4, 0.5) is 11.6 Å². The number of para-hydroxylation sites is 3. The quantitative estimate of drug-likeness (QED) is 0.521. The number of rotatable bonds is 3. The molecule has 7 nitrogen and oxygen atoms in total. The lowest BCUT2D eigenvalue weighted by atomic mass is 10.2. The molecule has 28 heavy (non-hydrogen) atoms. The van der Waals surface area contributed by atoms with Crippen molar-refractivity contribution < 1.29 is 0 Å². The van der Waals surface area contributed by atoms with Crippen molar-refractivity contribution in [2.45, 2.75) is 0 Å². The zero-order chi connectivity index (χ0) is 18.9. The molecular weight excluding hydrogens is 350 g/mol. The topological polar surface area (TPSA) is 92.3 Å². The average molecular weight is 363 g/mol. The summed E-state index contributed by atoms with van der Waals surface area (Å²) >= 11 is 0. The molecule has 0 radical (unpaired) electrons. The number of fused-ring (bicyclic) bond motifs is 2. The molecule has 0 bridgehead atoms. The predicted octanol–water partition coefficient (Wildman–Crippen LogP) is 3.98. The zero-order valence-electron chi connectivity index (χ0n) is 14.6. The molecule has 7 heteroatoms. The van der Waals surface area contributed by atoms with Gasteiger partial charge < -0.3 is 5.32 Å². The lowest BCUT2D eigenvalue weighted by Crippen LogP contribution is -2.06. The number of nitrogens with zero attached hydrogens (tertiary/aromatic N) is 6. The summed E-state index contributed by atoms with van der Waals surface area (Å²) in [6, 6.07) is 21.5. The van der Waals surface area contributed by atoms with Gasteiger partial charge in [-0.25, -0.2) is 9.97 Å². The van der Waals surface area contributed by atoms with E-state index in [1.807, 2.05) is 60.7 Å². The van der Waals surface area contributed by atoms with Gasteiger partial charge in [0.2, 0.25) is 0 Å². The summed E-state index contributed by atoms with van der Waals surface area (Å²) in [5, 5.41) is 18.1. The van der Waals surface area contributed by atoms with Gasteiger partial charge in [0, 0.05) is 5.39 Å². The minimum atomic E-state index is 0.393. The second kappa shape index (κ2) is 6.45. The molecule has 0 spiro atoms. The Kier molecular flexibility index (Phi) is 3.66. The van der Waals surface area contributed by atoms with Gasteiger partial charge in [-0.3, -0.25) is 4.98 Å². The molecular formula is C21H13N7. The smallest absolute Gasteiger partial charge is 0.156 e. The zero-order valence-corrected chi connectivity index (χ0v) is 14.6. The maximum absolute atomic E-state index is 9.50. The highest BCUT2D eigenvalue weighted by atomic mass is 15.4. The van der Waals surface area contributed by atoms with Gasteiger partial charge in [0.25, 0.3) is 0 Å². The van der Waals surface area contributed by atoms with Gasteiger partial charge in [0.1, 0.15) is 11.6 Å². The largest absolute Gasteiger partial charge is 0.322 e. The van der Waals surface area contributed by atoms with Gasteiger partial charge in [-0.1, -0.05) is 30.3 Å². The molecule has 0 saturated heterocycles. The van der Waals surface area contributed by atoms with E-state index < -0.39 is 0 Å². The van der Waals surface area contributed by atoms with Gasteiger partial charge >= 0.3 is 0 Å². The Morgan fingerprint density at radius 3 is 2.46 bits per heavy atom. The number of benzene rings is 2. The Morgan fingerprint density at radius 2 is 1.61 bits per heavy atom. The van der Waals surface area contributed by atoms with Crippen LogP contribution < -0.4 is 5.32 Å². The standard InChI is InChI=1S/C21H13N7/c22-11-15-12-24-28(20-10-9-14-5-1-2-6-16(14)26-20)21(15)27-19-13-23-17-7-3-4-8-18(17)25-19/h1-10,12-13H,(H,25,27). The van der Waals surface area contributed by atoms with Crippen molar-refractivity contribution in [1.82, 2.24) is 24.7 Å². The second-order valence-electron chi connectivity index (χ2n) is 6.16. The summed E-state index contributed by atoms with van der Waals surface area (Å²) in [6.45, 7) is 0. The minimum Gasteiger partial charge on any atom is -0.322 e. The summed E-state index contributed by atoms with van der Waals surface area (Å²) < 4.78 is 1.60. The molecule has 0 amide bonds. The molecule has 132 valence electrons. The Hall–Kier alpha value is -4.31. The average Bonchev–Trinajstić information content (AvgIpc) is 3.16. The van der Waals surface area contributed by atoms with Crippen molar-refractivity contribution in [1.29, 1.82) is 5.26 Å². The van der Waals surface area contributed by atoms with E-state index in [9.17, 15) is 5.26 Å². The Labute approximate surface area is 159 Å². The number of aromatic nitrogens is 5. The highest BCUT2D eigenvalue weighted by Gasteiger charge is 2.15. The normalized spacial score (nSPS) is 10.8. The first-order valence-corrected chi connectivity index (χ1v) is 8.65. The van der Waals surface area contributed by atoms with Crippen molar-refractivity contribution in [2.75, 3.05) is 5.32 Å². The van der Waals surface area contributed by atoms with Crippen molar-refractivity contribution in [3.63, 3.8) is 0 Å². The van der Waals surface area contributed by atoms with Gasteiger partial charge in [-0.15, -0.1) is 0 Å². The molecule has 0 aliphatic carbocycles. The van der Waals surface area contributed by atoms with E-state index >= 15 is 0 Å². The van der Waals surface area contributed by atoms with E-state index in [1.54, 1.807) is 10.9 Å². The number of hydrogen-bond donors (Lipinski definition) is 1. The van der Waals surface area contributed by atoms with Crippen LogP contribution in [0.15, 0.2) is 73.1 Å². The Balaban J connectivity index is 1.60. The van der Waals surface area contributed by atoms with E-state index in [-0.39, 0.29) is 0 Å². The SMILES string of the molecule is N#Cc1cnn(-c2ccc3ccccc3n2)c1Nc1cnc2ccccc2n1. The number of hydrogen-bond acceptors (Lipinski definition) is 6. The van der Waals surface area contributed by atoms with Crippen LogP contribution in [0.2, 0.25) is 0 Å². The van der Waals surface area contributed by atoms with Crippen molar-refractivity contribution >= 4 is 33.6 Å². The van der Waals surface area contributed by atoms with E-state index in [0.29, 0.717) is 23.0 Å². The summed E-state index contributed by atoms with van der Waals surface area (Å²) in [5.74, 6) is 1.63. The lowest BCUT2D eigenvalue weighted by Gasteiger charge is -2.10. The molecule has 3 heterocycles. The number of pyridine rings is 1. The lowest BCUT2D eigenvalue weighted by molar-refractivity contribution is 0.859. The molecule has 0 fully saturated rings. The van der Waals surface area contributed by atoms with Crippen LogP contribution in [0.1, 0.15) is 5.56 Å². The number of nitriles is 1. The molecule has 2 aromatic carbocycles. The maximum Gasteiger partial charge on any atom is 0.156 e. The van der Waals surface area contributed by atoms with Crippen molar-refractivity contribution in [2.24, 2.45) is 0 Å². The molecule has 5 rings (SSSR count). The molecule has 0 unspecified atom stereocenters. The minimum absolute atomic E-state index is 0.393. The third kappa shape index (κ3) is 2.70. The van der Waals surface area contributed by atoms with Gasteiger partial charge in [0.15, 0.2) is 17.5 Å². The summed E-state index contributed by atoms with van der Waals surface area (Å²) in [6.07, 6.45) is 3.14. The predicted molar refractivity (Wildman–Crippen MR) is 106 cm³/mol. The first-order valence-electron chi connectivity index (χ1n) is 8.65. The van der Waals surface area contributed by atoms with Gasteiger partial charge in [0.05, 0.1) is 28.9 Å². The van der Waals surface area contributed by atoms with Crippen molar-refractivity contribution in [3.05, 3.63) is 78.6 Å². The first kappa shape index (κ1) is 15.9. The van der Waals surface area contributed by atoms with Crippen LogP contribution in [0, 0.1) is 11.3 Å². The molecule has 1 N–H and O–H groups in total. The van der Waals surface area contributed by atoms with Gasteiger partial charge in [-0.05, 0) is 30.3 Å². The summed E-state index contributed by atoms with van der Waals surface area (Å²) in [5.41, 5.74) is 2.81. The highest BCUT2D eigenvalue weighted by Crippen LogP contribution is 2.24. The molecule has 0 aliphatic rings. The third-order valence-electron chi connectivity index (χ3n) is 4.39. The van der Waals surface area contributed by atoms with Crippen LogP contribution in [0.3, 0.4) is 0 Å². The van der Waals surface area contributed by atoms with E-state index in [4.69, 9.17) is 0 Å². The van der Waals surface area contributed by atoms with E-state index in [1.165, 1.54) is 6.20 Å². The molecule has 3 aromatic heterocycles. The highest BCUT2D eigenvalue weighted by molar-refractivity contribution is 5.80. The van der Waals surface area contributed by atoms with Crippen LogP contribution in [-0.4, -0.2) is 24.7 Å². The molecule has 0 atom stereocenters. The fourth-order valence-corrected chi connectivity index (χ4v) is 3.04. The summed E-state index contributed by atoms with van der Waals surface area (Å²) in [4.78, 5) is 13.6. The first-order chi connectivity index (χ1) is 13.8. The number of nitrogens with one attached hydrogen (secondary N) is 1. The van der Waals surface area contributed by atoms with Crippen molar-refractivity contribution in [3.8, 4) is 11.9 Å². The van der Waals surface area contributed by atoms with E-state index in [2.05, 4.69) is 31.4 Å². The molecule has 0 aliphatic heterocycles. The fourth-order valence-electron chi connectivity index (χ4n) is 3.04. The molecule has 0 saturated carbocycles. The third-order valence-corrected chi connectivity index (χ3v) is 4.39. The second-order valence-corrected chi connectivity index (χ2v) is 6.16. The maximum atomic E-state index is 9.50. The van der Waals surface area contributed by atoms with E-state index in [0.717, 1.165) is 21.9 Å². The van der Waals surface area contributed by atoms with Crippen LogP contribution in [-0.2, 0) is 0 Å². The number of anilines is 2. The molecule has 5 aromatic rings. The fraction of sp³-hybridized carbons (Fsp3) is 0.